The van der Waals surface area contributed by atoms with Crippen LogP contribution in [0.2, 0.25) is 0 Å². The third-order valence-corrected chi connectivity index (χ3v) is 6.31. The maximum atomic E-state index is 12.5. The monoisotopic (exact) mass is 541 g/mol. The smallest absolute Gasteiger partial charge is 0.339 e. The first kappa shape index (κ1) is 24.6. The molecule has 1 N–H and O–H groups in total. The summed E-state index contributed by atoms with van der Waals surface area (Å²) >= 11 is 3.22. The minimum atomic E-state index is -4.25. The van der Waals surface area contributed by atoms with E-state index in [0.29, 0.717) is 11.3 Å². The molecule has 9 nitrogen and oxygen atoms in total. The molecule has 3 aromatic rings. The molecule has 0 saturated carbocycles. The lowest BCUT2D eigenvalue weighted by molar-refractivity contribution is -0.384. The standard InChI is InChI=1S/C23H16BrN3O6S/c1-15-3-2-4-18(11-15)26-23(28)17(14-25)12-16-5-10-22(21(24)13-16)33-34(31,32)20-8-6-19(7-9-20)27(29)30/h2-13H,1H3,(H,26,28)/b17-12+. The van der Waals surface area contributed by atoms with Gasteiger partial charge in [0, 0.05) is 17.8 Å². The average Bonchev–Trinajstić information content (AvgIpc) is 2.79. The Kier molecular flexibility index (Phi) is 7.45. The van der Waals surface area contributed by atoms with Gasteiger partial charge >= 0.3 is 10.1 Å². The Morgan fingerprint density at radius 1 is 1.15 bits per heavy atom. The summed E-state index contributed by atoms with van der Waals surface area (Å²) in [6, 6.07) is 17.6. The Morgan fingerprint density at radius 2 is 1.85 bits per heavy atom. The zero-order valence-electron chi connectivity index (χ0n) is 17.6. The second kappa shape index (κ2) is 10.3. The Labute approximate surface area is 203 Å². The van der Waals surface area contributed by atoms with Crippen molar-refractivity contribution in [1.82, 2.24) is 0 Å². The van der Waals surface area contributed by atoms with Crippen molar-refractivity contribution in [2.24, 2.45) is 0 Å². The second-order valence-corrected chi connectivity index (χ2v) is 9.37. The van der Waals surface area contributed by atoms with Crippen LogP contribution in [0.5, 0.6) is 5.75 Å². The number of nitrogens with zero attached hydrogens (tertiary/aromatic N) is 2. The highest BCUT2D eigenvalue weighted by molar-refractivity contribution is 9.10. The number of nitro benzene ring substituents is 1. The van der Waals surface area contributed by atoms with Gasteiger partial charge < -0.3 is 9.50 Å². The fraction of sp³-hybridized carbons (Fsp3) is 0.0435. The van der Waals surface area contributed by atoms with Crippen molar-refractivity contribution >= 4 is 49.4 Å². The lowest BCUT2D eigenvalue weighted by atomic mass is 10.1. The lowest BCUT2D eigenvalue weighted by Gasteiger charge is -2.09. The number of nitriles is 1. The predicted molar refractivity (Wildman–Crippen MR) is 128 cm³/mol. The summed E-state index contributed by atoms with van der Waals surface area (Å²) in [5, 5.41) is 22.8. The maximum absolute atomic E-state index is 12.5. The molecule has 0 fully saturated rings. The number of carbonyl (C=O) groups is 1. The third-order valence-electron chi connectivity index (χ3n) is 4.44. The first-order valence-electron chi connectivity index (χ1n) is 9.57. The molecule has 3 rings (SSSR count). The van der Waals surface area contributed by atoms with Gasteiger partial charge in [0.1, 0.15) is 16.5 Å². The van der Waals surface area contributed by atoms with E-state index < -0.39 is 20.9 Å². The molecule has 34 heavy (non-hydrogen) atoms. The van der Waals surface area contributed by atoms with Gasteiger partial charge in [-0.2, -0.15) is 13.7 Å². The van der Waals surface area contributed by atoms with E-state index in [1.807, 2.05) is 19.1 Å². The number of amides is 1. The van der Waals surface area contributed by atoms with Gasteiger partial charge in [0.2, 0.25) is 0 Å². The van der Waals surface area contributed by atoms with Gasteiger partial charge in [-0.25, -0.2) is 0 Å². The molecule has 0 saturated heterocycles. The number of nitrogens with one attached hydrogen (secondary N) is 1. The summed E-state index contributed by atoms with van der Waals surface area (Å²) < 4.78 is 30.4. The van der Waals surface area contributed by atoms with Crippen molar-refractivity contribution in [2.75, 3.05) is 5.32 Å². The van der Waals surface area contributed by atoms with Crippen LogP contribution in [0.1, 0.15) is 11.1 Å². The number of benzene rings is 3. The zero-order valence-corrected chi connectivity index (χ0v) is 20.0. The van der Waals surface area contributed by atoms with Gasteiger partial charge in [0.25, 0.3) is 11.6 Å². The Bertz CT molecular complexity index is 1440. The molecule has 0 atom stereocenters. The third kappa shape index (κ3) is 6.06. The molecule has 0 aliphatic carbocycles. The number of hydrogen-bond acceptors (Lipinski definition) is 7. The molecular formula is C23H16BrN3O6S. The Hall–Kier alpha value is -4.01. The summed E-state index contributed by atoms with van der Waals surface area (Å²) in [4.78, 5) is 22.3. The average molecular weight is 542 g/mol. The molecule has 0 aromatic heterocycles. The van der Waals surface area contributed by atoms with Crippen LogP contribution in [0.25, 0.3) is 6.08 Å². The highest BCUT2D eigenvalue weighted by Crippen LogP contribution is 2.30. The van der Waals surface area contributed by atoms with Crippen LogP contribution in [0, 0.1) is 28.4 Å². The van der Waals surface area contributed by atoms with Gasteiger partial charge in [-0.15, -0.1) is 0 Å². The SMILES string of the molecule is Cc1cccc(NC(=O)/C(C#N)=C/c2ccc(OS(=O)(=O)c3ccc([N+](=O)[O-])cc3)c(Br)c2)c1. The van der Waals surface area contributed by atoms with Crippen LogP contribution in [-0.4, -0.2) is 19.2 Å². The van der Waals surface area contributed by atoms with Crippen molar-refractivity contribution in [3.05, 3.63) is 98.0 Å². The van der Waals surface area contributed by atoms with E-state index in [1.54, 1.807) is 18.2 Å². The molecule has 0 unspecified atom stereocenters. The second-order valence-electron chi connectivity index (χ2n) is 6.97. The number of rotatable bonds is 7. The molecule has 172 valence electrons. The Balaban J connectivity index is 1.79. The van der Waals surface area contributed by atoms with E-state index in [2.05, 4.69) is 21.2 Å². The molecule has 11 heteroatoms. The number of halogens is 1. The van der Waals surface area contributed by atoms with Gasteiger partial charge in [0.15, 0.2) is 5.75 Å². The number of anilines is 1. The largest absolute Gasteiger partial charge is 0.378 e. The van der Waals surface area contributed by atoms with E-state index in [1.165, 1.54) is 24.3 Å². The van der Waals surface area contributed by atoms with Gasteiger partial charge in [-0.3, -0.25) is 14.9 Å². The number of non-ortho nitro benzene ring substituents is 1. The van der Waals surface area contributed by atoms with E-state index in [9.17, 15) is 28.6 Å². The first-order valence-corrected chi connectivity index (χ1v) is 11.8. The number of aryl methyl sites for hydroxylation is 1. The predicted octanol–water partition coefficient (Wildman–Crippen LogP) is 4.98. The topological polar surface area (TPSA) is 139 Å². The van der Waals surface area contributed by atoms with Crippen LogP contribution in [-0.2, 0) is 14.9 Å². The normalized spacial score (nSPS) is 11.4. The highest BCUT2D eigenvalue weighted by Gasteiger charge is 2.20. The van der Waals surface area contributed by atoms with Gasteiger partial charge in [-0.1, -0.05) is 18.2 Å². The first-order chi connectivity index (χ1) is 16.1. The summed E-state index contributed by atoms with van der Waals surface area (Å²) in [7, 11) is -4.25. The van der Waals surface area contributed by atoms with E-state index in [-0.39, 0.29) is 26.4 Å². The maximum Gasteiger partial charge on any atom is 0.339 e. The molecule has 0 spiro atoms. The van der Waals surface area contributed by atoms with Crippen molar-refractivity contribution < 1.29 is 22.3 Å². The molecule has 0 heterocycles. The molecule has 0 bridgehead atoms. The summed E-state index contributed by atoms with van der Waals surface area (Å²) in [6.45, 7) is 1.87. The van der Waals surface area contributed by atoms with Crippen molar-refractivity contribution in [2.45, 2.75) is 11.8 Å². The van der Waals surface area contributed by atoms with Crippen LogP contribution < -0.4 is 9.50 Å². The summed E-state index contributed by atoms with van der Waals surface area (Å²) in [5.74, 6) is -0.636. The quantitative estimate of drug-likeness (QED) is 0.146. The van der Waals surface area contributed by atoms with Crippen LogP contribution in [0.4, 0.5) is 11.4 Å². The summed E-state index contributed by atoms with van der Waals surface area (Å²) in [5.41, 5.74) is 1.54. The fourth-order valence-corrected chi connectivity index (χ4v) is 4.34. The van der Waals surface area contributed by atoms with Crippen LogP contribution in [0.3, 0.4) is 0 Å². The van der Waals surface area contributed by atoms with Crippen molar-refractivity contribution in [3.8, 4) is 11.8 Å². The number of nitro groups is 1. The van der Waals surface area contributed by atoms with Gasteiger partial charge in [-0.05, 0) is 76.5 Å². The van der Waals surface area contributed by atoms with Gasteiger partial charge in [0.05, 0.1) is 9.40 Å². The van der Waals surface area contributed by atoms with Crippen LogP contribution in [0.15, 0.2) is 81.7 Å². The Morgan fingerprint density at radius 3 is 2.44 bits per heavy atom. The highest BCUT2D eigenvalue weighted by atomic mass is 79.9. The molecule has 0 aliphatic rings. The summed E-state index contributed by atoms with van der Waals surface area (Å²) in [6.07, 6.45) is 1.35. The molecule has 0 radical (unpaired) electrons. The number of hydrogen-bond donors (Lipinski definition) is 1. The van der Waals surface area contributed by atoms with E-state index in [0.717, 1.165) is 29.8 Å². The molecule has 3 aromatic carbocycles. The fourth-order valence-electron chi connectivity index (χ4n) is 2.81. The van der Waals surface area contributed by atoms with E-state index >= 15 is 0 Å². The molecule has 1 amide bonds. The lowest BCUT2D eigenvalue weighted by Crippen LogP contribution is -2.13. The number of carbonyl (C=O) groups excluding carboxylic acids is 1. The van der Waals surface area contributed by atoms with Crippen LogP contribution >= 0.6 is 15.9 Å². The van der Waals surface area contributed by atoms with Crippen molar-refractivity contribution in [3.63, 3.8) is 0 Å². The minimum Gasteiger partial charge on any atom is -0.378 e. The molecular weight excluding hydrogens is 526 g/mol. The minimum absolute atomic E-state index is 0.0433. The van der Waals surface area contributed by atoms with Crippen molar-refractivity contribution in [1.29, 1.82) is 5.26 Å². The van der Waals surface area contributed by atoms with E-state index in [4.69, 9.17) is 4.18 Å². The zero-order chi connectivity index (χ0) is 24.9. The molecule has 0 aliphatic heterocycles.